The van der Waals surface area contributed by atoms with Gasteiger partial charge in [0, 0.05) is 29.0 Å². The maximum Gasteiger partial charge on any atom is 0.407 e. The number of fused-ring (bicyclic) bond motifs is 10. The highest BCUT2D eigenvalue weighted by molar-refractivity contribution is 7.92. The van der Waals surface area contributed by atoms with Crippen molar-refractivity contribution in [3.8, 4) is 0 Å². The summed E-state index contributed by atoms with van der Waals surface area (Å²) < 4.78 is 61.7. The lowest BCUT2D eigenvalue weighted by atomic mass is 9.85. The number of carbonyl (C=O) groups excluding carboxylic acids is 2. The minimum absolute atomic E-state index is 0.0685. The summed E-state index contributed by atoms with van der Waals surface area (Å²) in [7, 11) is -3.41. The first-order valence-electron chi connectivity index (χ1n) is 14.8. The Bertz CT molecular complexity index is 1720. The van der Waals surface area contributed by atoms with Crippen LogP contribution in [0, 0.1) is 18.7 Å². The lowest BCUT2D eigenvalue weighted by molar-refractivity contribution is -0.122. The minimum Gasteiger partial charge on any atom is -0.446 e. The molecule has 234 valence electrons. The molecule has 7 rings (SSSR count). The Labute approximate surface area is 254 Å². The van der Waals surface area contributed by atoms with Crippen molar-refractivity contribution in [1.82, 2.24) is 15.6 Å². The zero-order chi connectivity index (χ0) is 31.2. The van der Waals surface area contributed by atoms with Crippen LogP contribution in [0.15, 0.2) is 42.6 Å². The summed E-state index contributed by atoms with van der Waals surface area (Å²) in [5.41, 5.74) is 7.73. The van der Waals surface area contributed by atoms with Crippen LogP contribution in [0.1, 0.15) is 61.0 Å². The van der Waals surface area contributed by atoms with Gasteiger partial charge in [-0.15, -0.1) is 0 Å². The number of anilines is 2. The van der Waals surface area contributed by atoms with E-state index in [4.69, 9.17) is 10.5 Å². The van der Waals surface area contributed by atoms with Gasteiger partial charge < -0.3 is 26.4 Å². The molecule has 2 aromatic carbocycles. The number of nitrogens with zero attached hydrogens (tertiary/aromatic N) is 1. The summed E-state index contributed by atoms with van der Waals surface area (Å²) in [6, 6.07) is 8.27. The van der Waals surface area contributed by atoms with Gasteiger partial charge in [-0.05, 0) is 79.8 Å². The number of amides is 2. The molecular formula is C31H35F2N5O5S. The molecule has 1 aromatic heterocycles. The van der Waals surface area contributed by atoms with Crippen LogP contribution in [-0.2, 0) is 19.4 Å². The molecule has 4 aliphatic rings. The number of benzene rings is 2. The molecule has 5 atom stereocenters. The van der Waals surface area contributed by atoms with Crippen molar-refractivity contribution >= 4 is 44.1 Å². The van der Waals surface area contributed by atoms with Gasteiger partial charge in [-0.25, -0.2) is 27.0 Å². The zero-order valence-corrected chi connectivity index (χ0v) is 25.0. The van der Waals surface area contributed by atoms with Crippen LogP contribution in [0.2, 0.25) is 0 Å². The lowest BCUT2D eigenvalue weighted by Gasteiger charge is -2.36. The Balaban J connectivity index is 1.35. The molecule has 13 heteroatoms. The number of hydrogen-bond acceptors (Lipinski definition) is 8. The minimum atomic E-state index is -3.41. The van der Waals surface area contributed by atoms with Gasteiger partial charge in [0.05, 0.1) is 16.7 Å². The molecule has 0 saturated heterocycles. The number of nitrogen functional groups attached to an aromatic ring is 1. The first-order chi connectivity index (χ1) is 21.0. The van der Waals surface area contributed by atoms with Crippen LogP contribution in [0.3, 0.4) is 0 Å². The number of sulfone groups is 1. The smallest absolute Gasteiger partial charge is 0.407 e. The monoisotopic (exact) mass is 627 g/mol. The van der Waals surface area contributed by atoms with E-state index in [2.05, 4.69) is 20.9 Å². The van der Waals surface area contributed by atoms with E-state index < -0.39 is 57.6 Å². The molecule has 0 radical (unpaired) electrons. The van der Waals surface area contributed by atoms with Crippen LogP contribution in [0.4, 0.5) is 25.1 Å². The van der Waals surface area contributed by atoms with Crippen molar-refractivity contribution in [1.29, 1.82) is 0 Å². The average molecular weight is 628 g/mol. The van der Waals surface area contributed by atoms with Gasteiger partial charge in [-0.2, -0.15) is 0 Å². The molecule has 5 N–H and O–H groups in total. The first kappa shape index (κ1) is 30.0. The fourth-order valence-corrected chi connectivity index (χ4v) is 8.95. The van der Waals surface area contributed by atoms with Gasteiger partial charge in [-0.1, -0.05) is 18.2 Å². The number of halogens is 2. The van der Waals surface area contributed by atoms with E-state index in [1.165, 1.54) is 6.07 Å². The number of nitrogens with one attached hydrogen (secondary N) is 3. The van der Waals surface area contributed by atoms with Crippen LogP contribution < -0.4 is 21.7 Å². The molecule has 4 bridgehead atoms. The van der Waals surface area contributed by atoms with Crippen molar-refractivity contribution < 1.29 is 31.5 Å². The standard InChI is InChI=1S/C31H35F2N5O5S/c1-16-10-17-2-7-22(16)26(33)15-43-31(40)38-19-4-9-27(44(41,42)21-5-6-21)18(11-19)13-36-30(39)28(17)37-20-3-8-23-24(12-20)25(32)14-35-29(23)34/h2-3,7-8,10,12,14,18-19,21,26-28,37H,4-6,9,11,13,15H2,1H3,(H2,34,35)(H,36,39)(H,38,40)/t18?,19?,26-,27?,28+/m0/s1. The number of alkyl carbamates (subject to hydrolysis) is 1. The Hall–Kier alpha value is -4.00. The molecule has 2 saturated carbocycles. The second-order valence-corrected chi connectivity index (χ2v) is 14.4. The second-order valence-electron chi connectivity index (χ2n) is 12.0. The Morgan fingerprint density at radius 1 is 1.07 bits per heavy atom. The number of carbonyl (C=O) groups is 2. The summed E-state index contributed by atoms with van der Waals surface area (Å²) in [4.78, 5) is 30.3. The molecule has 2 aliphatic carbocycles. The maximum absolute atomic E-state index is 15.2. The summed E-state index contributed by atoms with van der Waals surface area (Å²) >= 11 is 0. The molecule has 10 nitrogen and oxygen atoms in total. The fraction of sp³-hybridized carbons (Fsp3) is 0.452. The van der Waals surface area contributed by atoms with Crippen LogP contribution in [0.25, 0.3) is 10.8 Å². The molecule has 3 heterocycles. The van der Waals surface area contributed by atoms with Crippen LogP contribution in [0.5, 0.6) is 0 Å². The number of aromatic nitrogens is 1. The van der Waals surface area contributed by atoms with E-state index in [1.807, 2.05) is 0 Å². The highest BCUT2D eigenvalue weighted by atomic mass is 32.2. The lowest BCUT2D eigenvalue weighted by Crippen LogP contribution is -2.49. The number of nitrogens with two attached hydrogens (primary N) is 1. The number of alkyl halides is 1. The van der Waals surface area contributed by atoms with Gasteiger partial charge >= 0.3 is 6.09 Å². The van der Waals surface area contributed by atoms with E-state index >= 15 is 4.39 Å². The van der Waals surface area contributed by atoms with E-state index in [0.29, 0.717) is 59.9 Å². The number of rotatable bonds is 4. The number of ether oxygens (including phenoxy) is 1. The molecular weight excluding hydrogens is 592 g/mol. The van der Waals surface area contributed by atoms with E-state index in [9.17, 15) is 22.4 Å². The summed E-state index contributed by atoms with van der Waals surface area (Å²) in [6.45, 7) is 1.27. The van der Waals surface area contributed by atoms with Crippen molar-refractivity contribution in [3.63, 3.8) is 0 Å². The highest BCUT2D eigenvalue weighted by Crippen LogP contribution is 2.39. The van der Waals surface area contributed by atoms with Crippen molar-refractivity contribution in [2.45, 2.75) is 67.8 Å². The van der Waals surface area contributed by atoms with E-state index in [1.54, 1.807) is 37.3 Å². The van der Waals surface area contributed by atoms with Gasteiger partial charge in [0.25, 0.3) is 0 Å². The molecule has 0 spiro atoms. The molecule has 3 aromatic rings. The van der Waals surface area contributed by atoms with Gasteiger partial charge in [0.15, 0.2) is 16.0 Å². The summed E-state index contributed by atoms with van der Waals surface area (Å²) in [5, 5.41) is 8.52. The third-order valence-electron chi connectivity index (χ3n) is 8.95. The number of hydrogen-bond donors (Lipinski definition) is 4. The van der Waals surface area contributed by atoms with Gasteiger partial charge in [-0.3, -0.25) is 4.79 Å². The van der Waals surface area contributed by atoms with E-state index in [-0.39, 0.29) is 29.0 Å². The third kappa shape index (κ3) is 6.01. The number of aryl methyl sites for hydroxylation is 1. The average Bonchev–Trinajstić information content (AvgIpc) is 3.86. The Kier molecular flexibility index (Phi) is 8.08. The fourth-order valence-electron chi connectivity index (χ4n) is 6.46. The SMILES string of the molecule is Cc1cc2ccc1[C@@H](F)COC(=O)NC1CCC(S(=O)(=O)C3CC3)C(CNC(=O)[C@@H]2Nc2ccc3c(N)ncc(F)c3c2)C1. The summed E-state index contributed by atoms with van der Waals surface area (Å²) in [5.74, 6) is -1.30. The predicted octanol–water partition coefficient (Wildman–Crippen LogP) is 4.40. The van der Waals surface area contributed by atoms with Gasteiger partial charge in [0.2, 0.25) is 5.91 Å². The van der Waals surface area contributed by atoms with Crippen molar-refractivity contribution in [3.05, 3.63) is 65.1 Å². The van der Waals surface area contributed by atoms with Gasteiger partial charge in [0.1, 0.15) is 24.3 Å². The highest BCUT2D eigenvalue weighted by Gasteiger charge is 2.47. The predicted molar refractivity (Wildman–Crippen MR) is 162 cm³/mol. The normalized spacial score (nSPS) is 26.5. The molecule has 2 fully saturated rings. The van der Waals surface area contributed by atoms with E-state index in [0.717, 1.165) is 6.20 Å². The Morgan fingerprint density at radius 2 is 1.86 bits per heavy atom. The van der Waals surface area contributed by atoms with Crippen molar-refractivity contribution in [2.75, 3.05) is 24.2 Å². The number of pyridine rings is 1. The molecule has 44 heavy (non-hydrogen) atoms. The van der Waals surface area contributed by atoms with Crippen LogP contribution in [-0.4, -0.2) is 55.1 Å². The summed E-state index contributed by atoms with van der Waals surface area (Å²) in [6.07, 6.45) is 1.01. The zero-order valence-electron chi connectivity index (χ0n) is 24.2. The first-order valence-corrected chi connectivity index (χ1v) is 16.4. The quantitative estimate of drug-likeness (QED) is 0.332. The largest absolute Gasteiger partial charge is 0.446 e. The van der Waals surface area contributed by atoms with Crippen molar-refractivity contribution in [2.24, 2.45) is 5.92 Å². The maximum atomic E-state index is 15.2. The Morgan fingerprint density at radius 3 is 2.61 bits per heavy atom. The topological polar surface area (TPSA) is 153 Å². The third-order valence-corrected chi connectivity index (χ3v) is 11.8. The van der Waals surface area contributed by atoms with Crippen LogP contribution >= 0.6 is 0 Å². The second kappa shape index (κ2) is 11.8. The molecule has 2 aliphatic heterocycles. The molecule has 3 unspecified atom stereocenters. The molecule has 2 amide bonds.